The number of nitrogens with zero attached hydrogens (tertiary/aromatic N) is 3. The number of likely N-dealkylation sites (N-methyl/N-ethyl adjacent to an activating group) is 1. The van der Waals surface area contributed by atoms with Gasteiger partial charge in [0.1, 0.15) is 5.75 Å². The predicted octanol–water partition coefficient (Wildman–Crippen LogP) is 2.46. The van der Waals surface area contributed by atoms with Crippen molar-refractivity contribution in [1.29, 1.82) is 0 Å². The fraction of sp³-hybridized carbons (Fsp3) is 0.158. The van der Waals surface area contributed by atoms with E-state index in [1.54, 1.807) is 62.7 Å². The minimum atomic E-state index is -0.293. The monoisotopic (exact) mass is 366 g/mol. The maximum Gasteiger partial charge on any atom is 0.254 e. The van der Waals surface area contributed by atoms with Gasteiger partial charge in [0, 0.05) is 23.9 Å². The topological polar surface area (TPSA) is 97.6 Å². The SMILES string of the molecule is COc1ccc(NC(=O)CN(C)C(=O)c2ccc(-c3nnco3)cc2)cc1. The van der Waals surface area contributed by atoms with Gasteiger partial charge in [-0.15, -0.1) is 10.2 Å². The molecule has 0 saturated carbocycles. The summed E-state index contributed by atoms with van der Waals surface area (Å²) in [6.07, 6.45) is 1.24. The first kappa shape index (κ1) is 18.1. The molecule has 0 saturated heterocycles. The van der Waals surface area contributed by atoms with Gasteiger partial charge < -0.3 is 19.4 Å². The summed E-state index contributed by atoms with van der Waals surface area (Å²) in [6.45, 7) is -0.0731. The number of carbonyl (C=O) groups excluding carboxylic acids is 2. The van der Waals surface area contributed by atoms with E-state index in [0.29, 0.717) is 28.5 Å². The Labute approximate surface area is 155 Å². The van der Waals surface area contributed by atoms with Crippen LogP contribution < -0.4 is 10.1 Å². The zero-order valence-corrected chi connectivity index (χ0v) is 14.9. The molecule has 0 atom stereocenters. The van der Waals surface area contributed by atoms with E-state index in [1.807, 2.05) is 0 Å². The molecule has 0 aliphatic carbocycles. The summed E-state index contributed by atoms with van der Waals surface area (Å²) in [5, 5.41) is 10.2. The second-order valence-corrected chi connectivity index (χ2v) is 5.76. The second-order valence-electron chi connectivity index (χ2n) is 5.76. The quantitative estimate of drug-likeness (QED) is 0.720. The van der Waals surface area contributed by atoms with Crippen LogP contribution in [-0.4, -0.2) is 47.6 Å². The Morgan fingerprint density at radius 3 is 2.41 bits per heavy atom. The summed E-state index contributed by atoms with van der Waals surface area (Å²) in [5.41, 5.74) is 1.80. The van der Waals surface area contributed by atoms with Gasteiger partial charge in [0.25, 0.3) is 5.91 Å². The van der Waals surface area contributed by atoms with E-state index in [1.165, 1.54) is 11.3 Å². The third-order valence-corrected chi connectivity index (χ3v) is 3.84. The molecule has 0 spiro atoms. The molecule has 0 aliphatic rings. The van der Waals surface area contributed by atoms with Crippen molar-refractivity contribution >= 4 is 17.5 Å². The van der Waals surface area contributed by atoms with E-state index < -0.39 is 0 Å². The Hall–Kier alpha value is -3.68. The number of aromatic nitrogens is 2. The molecule has 0 unspecified atom stereocenters. The van der Waals surface area contributed by atoms with Gasteiger partial charge in [0.2, 0.25) is 18.2 Å². The number of amides is 2. The molecule has 2 amide bonds. The Morgan fingerprint density at radius 1 is 1.11 bits per heavy atom. The molecule has 1 heterocycles. The lowest BCUT2D eigenvalue weighted by Crippen LogP contribution is -2.34. The summed E-state index contributed by atoms with van der Waals surface area (Å²) in [7, 11) is 3.14. The number of ether oxygens (including phenoxy) is 1. The predicted molar refractivity (Wildman–Crippen MR) is 98.3 cm³/mol. The van der Waals surface area contributed by atoms with Crippen LogP contribution in [0.5, 0.6) is 5.75 Å². The summed E-state index contributed by atoms with van der Waals surface area (Å²) in [5.74, 6) is 0.515. The number of carbonyl (C=O) groups is 2. The van der Waals surface area contributed by atoms with Gasteiger partial charge in [-0.05, 0) is 48.5 Å². The van der Waals surface area contributed by atoms with Crippen molar-refractivity contribution in [3.63, 3.8) is 0 Å². The van der Waals surface area contributed by atoms with Crippen LogP contribution in [0.3, 0.4) is 0 Å². The lowest BCUT2D eigenvalue weighted by atomic mass is 10.1. The highest BCUT2D eigenvalue weighted by molar-refractivity contribution is 5.99. The third-order valence-electron chi connectivity index (χ3n) is 3.84. The molecule has 138 valence electrons. The highest BCUT2D eigenvalue weighted by atomic mass is 16.5. The molecule has 8 heteroatoms. The zero-order chi connectivity index (χ0) is 19.2. The average molecular weight is 366 g/mol. The molecule has 0 radical (unpaired) electrons. The van der Waals surface area contributed by atoms with E-state index in [-0.39, 0.29) is 18.4 Å². The summed E-state index contributed by atoms with van der Waals surface area (Å²) in [4.78, 5) is 26.0. The van der Waals surface area contributed by atoms with Crippen LogP contribution in [0.25, 0.3) is 11.5 Å². The van der Waals surface area contributed by atoms with Crippen molar-refractivity contribution < 1.29 is 18.7 Å². The largest absolute Gasteiger partial charge is 0.497 e. The van der Waals surface area contributed by atoms with Crippen LogP contribution in [0.2, 0.25) is 0 Å². The van der Waals surface area contributed by atoms with Gasteiger partial charge >= 0.3 is 0 Å². The summed E-state index contributed by atoms with van der Waals surface area (Å²) < 4.78 is 10.2. The minimum absolute atomic E-state index is 0.0731. The Morgan fingerprint density at radius 2 is 1.81 bits per heavy atom. The number of hydrogen-bond donors (Lipinski definition) is 1. The van der Waals surface area contributed by atoms with Gasteiger partial charge in [0.15, 0.2) is 0 Å². The van der Waals surface area contributed by atoms with Crippen molar-refractivity contribution in [3.8, 4) is 17.2 Å². The minimum Gasteiger partial charge on any atom is -0.497 e. The molecule has 3 aromatic rings. The van der Waals surface area contributed by atoms with Gasteiger partial charge in [-0.3, -0.25) is 9.59 Å². The van der Waals surface area contributed by atoms with Crippen LogP contribution in [0.15, 0.2) is 59.3 Å². The summed E-state index contributed by atoms with van der Waals surface area (Å²) in [6, 6.07) is 13.7. The molecule has 1 N–H and O–H groups in total. The number of hydrogen-bond acceptors (Lipinski definition) is 6. The highest BCUT2D eigenvalue weighted by Gasteiger charge is 2.15. The first-order valence-electron chi connectivity index (χ1n) is 8.13. The standard InChI is InChI=1S/C19H18N4O4/c1-23(11-17(24)21-15-7-9-16(26-2)10-8-15)19(25)14-5-3-13(4-6-14)18-22-20-12-27-18/h3-10,12H,11H2,1-2H3,(H,21,24). The number of benzene rings is 2. The molecule has 0 fully saturated rings. The molecule has 0 aliphatic heterocycles. The van der Waals surface area contributed by atoms with Gasteiger partial charge in [0.05, 0.1) is 13.7 Å². The number of rotatable bonds is 6. The van der Waals surface area contributed by atoms with Crippen molar-refractivity contribution in [2.45, 2.75) is 0 Å². The van der Waals surface area contributed by atoms with Crippen molar-refractivity contribution in [3.05, 3.63) is 60.5 Å². The first-order chi connectivity index (χ1) is 13.1. The zero-order valence-electron chi connectivity index (χ0n) is 14.9. The Balaban J connectivity index is 1.58. The molecule has 1 aromatic heterocycles. The lowest BCUT2D eigenvalue weighted by Gasteiger charge is -2.17. The smallest absolute Gasteiger partial charge is 0.254 e. The first-order valence-corrected chi connectivity index (χ1v) is 8.13. The number of anilines is 1. The summed E-state index contributed by atoms with van der Waals surface area (Å²) >= 11 is 0. The van der Waals surface area contributed by atoms with E-state index in [4.69, 9.17) is 9.15 Å². The fourth-order valence-electron chi connectivity index (χ4n) is 2.44. The van der Waals surface area contributed by atoms with Crippen LogP contribution in [0.4, 0.5) is 5.69 Å². The third kappa shape index (κ3) is 4.49. The van der Waals surface area contributed by atoms with E-state index in [2.05, 4.69) is 15.5 Å². The van der Waals surface area contributed by atoms with Crippen LogP contribution >= 0.6 is 0 Å². The normalized spacial score (nSPS) is 10.3. The molecule has 27 heavy (non-hydrogen) atoms. The molecular formula is C19H18N4O4. The lowest BCUT2D eigenvalue weighted by molar-refractivity contribution is -0.116. The Bertz CT molecular complexity index is 906. The van der Waals surface area contributed by atoms with E-state index >= 15 is 0 Å². The Kier molecular flexibility index (Phi) is 5.46. The van der Waals surface area contributed by atoms with Gasteiger partial charge in [-0.1, -0.05) is 0 Å². The maximum absolute atomic E-state index is 12.5. The maximum atomic E-state index is 12.5. The van der Waals surface area contributed by atoms with Crippen molar-refractivity contribution in [2.75, 3.05) is 26.0 Å². The highest BCUT2D eigenvalue weighted by Crippen LogP contribution is 2.18. The van der Waals surface area contributed by atoms with Crippen molar-refractivity contribution in [1.82, 2.24) is 15.1 Å². The van der Waals surface area contributed by atoms with Gasteiger partial charge in [-0.2, -0.15) is 0 Å². The second kappa shape index (κ2) is 8.13. The molecule has 8 nitrogen and oxygen atoms in total. The molecule has 0 bridgehead atoms. The molecule has 3 rings (SSSR count). The van der Waals surface area contributed by atoms with E-state index in [0.717, 1.165) is 0 Å². The number of methoxy groups -OCH3 is 1. The molecular weight excluding hydrogens is 348 g/mol. The van der Waals surface area contributed by atoms with Gasteiger partial charge in [-0.25, -0.2) is 0 Å². The fourth-order valence-corrected chi connectivity index (χ4v) is 2.44. The number of nitrogens with one attached hydrogen (secondary N) is 1. The molecule has 2 aromatic carbocycles. The van der Waals surface area contributed by atoms with Crippen LogP contribution in [0, 0.1) is 0 Å². The van der Waals surface area contributed by atoms with Crippen LogP contribution in [0.1, 0.15) is 10.4 Å². The van der Waals surface area contributed by atoms with Crippen molar-refractivity contribution in [2.24, 2.45) is 0 Å². The average Bonchev–Trinajstić information content (AvgIpc) is 3.23. The van der Waals surface area contributed by atoms with Crippen LogP contribution in [-0.2, 0) is 4.79 Å². The van der Waals surface area contributed by atoms with E-state index in [9.17, 15) is 9.59 Å².